The van der Waals surface area contributed by atoms with E-state index >= 15 is 0 Å². The number of methoxy groups -OCH3 is 1. The number of carbonyl (C=O) groups is 1. The van der Waals surface area contributed by atoms with E-state index < -0.39 is 23.4 Å². The molecule has 0 atom stereocenters. The third-order valence-corrected chi connectivity index (χ3v) is 4.14. The number of halogens is 3. The molecular formula is C20H17F3N2O4. The summed E-state index contributed by atoms with van der Waals surface area (Å²) in [5.41, 5.74) is 0.136. The molecule has 1 aromatic heterocycles. The van der Waals surface area contributed by atoms with Crippen molar-refractivity contribution in [3.8, 4) is 17.1 Å². The minimum atomic E-state index is -4.46. The first kappa shape index (κ1) is 20.2. The molecule has 0 fully saturated rings. The molecule has 1 N–H and O–H groups in total. The molecule has 3 aromatic rings. The van der Waals surface area contributed by atoms with Crippen LogP contribution in [0, 0.1) is 0 Å². The highest BCUT2D eigenvalue weighted by molar-refractivity contribution is 5.75. The minimum absolute atomic E-state index is 0.0965. The Labute approximate surface area is 163 Å². The summed E-state index contributed by atoms with van der Waals surface area (Å²) in [6.07, 6.45) is -3.06. The lowest BCUT2D eigenvalue weighted by Crippen LogP contribution is -2.30. The van der Waals surface area contributed by atoms with E-state index in [0.717, 1.165) is 16.7 Å². The summed E-state index contributed by atoms with van der Waals surface area (Å²) >= 11 is 0. The molecule has 0 saturated carbocycles. The van der Waals surface area contributed by atoms with Gasteiger partial charge in [-0.3, -0.25) is 9.36 Å². The van der Waals surface area contributed by atoms with Crippen LogP contribution in [0.25, 0.3) is 11.3 Å². The van der Waals surface area contributed by atoms with Gasteiger partial charge in [-0.05, 0) is 42.0 Å². The Morgan fingerprint density at radius 3 is 2.55 bits per heavy atom. The molecule has 0 aliphatic rings. The molecule has 2 aromatic carbocycles. The van der Waals surface area contributed by atoms with Crippen molar-refractivity contribution in [2.24, 2.45) is 0 Å². The number of hydrogen-bond donors (Lipinski definition) is 1. The average molecular weight is 406 g/mol. The Bertz CT molecular complexity index is 1050. The summed E-state index contributed by atoms with van der Waals surface area (Å²) in [6, 6.07) is 11.5. The summed E-state index contributed by atoms with van der Waals surface area (Å²) in [4.78, 5) is 24.1. The van der Waals surface area contributed by atoms with Gasteiger partial charge in [-0.1, -0.05) is 12.1 Å². The van der Waals surface area contributed by atoms with E-state index in [4.69, 9.17) is 9.15 Å². The summed E-state index contributed by atoms with van der Waals surface area (Å²) in [7, 11) is 1.53. The predicted octanol–water partition coefficient (Wildman–Crippen LogP) is 3.45. The van der Waals surface area contributed by atoms with E-state index in [1.54, 1.807) is 24.3 Å². The van der Waals surface area contributed by atoms with Crippen molar-refractivity contribution < 1.29 is 27.1 Å². The van der Waals surface area contributed by atoms with Gasteiger partial charge < -0.3 is 14.5 Å². The number of ether oxygens (including phenoxy) is 1. The fourth-order valence-corrected chi connectivity index (χ4v) is 2.64. The van der Waals surface area contributed by atoms with Gasteiger partial charge in [0.2, 0.25) is 5.91 Å². The Morgan fingerprint density at radius 2 is 1.90 bits per heavy atom. The highest BCUT2D eigenvalue weighted by Crippen LogP contribution is 2.29. The second-order valence-corrected chi connectivity index (χ2v) is 6.19. The molecular weight excluding hydrogens is 389 g/mol. The van der Waals surface area contributed by atoms with E-state index in [0.29, 0.717) is 16.9 Å². The maximum atomic E-state index is 12.7. The number of carbonyl (C=O) groups excluding carboxylic acids is 1. The lowest BCUT2D eigenvalue weighted by molar-refractivity contribution is -0.137. The van der Waals surface area contributed by atoms with Crippen LogP contribution < -0.4 is 15.8 Å². The molecule has 1 heterocycles. The van der Waals surface area contributed by atoms with Gasteiger partial charge in [-0.25, -0.2) is 4.79 Å². The van der Waals surface area contributed by atoms with Gasteiger partial charge in [0, 0.05) is 12.1 Å². The first-order valence-electron chi connectivity index (χ1n) is 8.54. The quantitative estimate of drug-likeness (QED) is 0.681. The molecule has 0 spiro atoms. The van der Waals surface area contributed by atoms with Crippen molar-refractivity contribution in [1.29, 1.82) is 0 Å². The van der Waals surface area contributed by atoms with Crippen LogP contribution in [0.15, 0.2) is 63.9 Å². The van der Waals surface area contributed by atoms with Gasteiger partial charge in [-0.15, -0.1) is 0 Å². The molecule has 29 heavy (non-hydrogen) atoms. The molecule has 152 valence electrons. The van der Waals surface area contributed by atoms with Crippen LogP contribution in [0.5, 0.6) is 5.75 Å². The summed E-state index contributed by atoms with van der Waals surface area (Å²) in [6.45, 7) is -0.419. The van der Waals surface area contributed by atoms with E-state index in [2.05, 4.69) is 5.32 Å². The fraction of sp³-hybridized carbons (Fsp3) is 0.200. The fourth-order valence-electron chi connectivity index (χ4n) is 2.64. The predicted molar refractivity (Wildman–Crippen MR) is 98.2 cm³/mol. The van der Waals surface area contributed by atoms with Crippen LogP contribution in [-0.2, 0) is 24.1 Å². The highest BCUT2D eigenvalue weighted by atomic mass is 19.4. The second kappa shape index (κ2) is 8.26. The van der Waals surface area contributed by atoms with Gasteiger partial charge in [0.05, 0.1) is 18.9 Å². The Balaban J connectivity index is 1.64. The molecule has 0 unspecified atom stereocenters. The third-order valence-electron chi connectivity index (χ3n) is 4.14. The third kappa shape index (κ3) is 5.07. The van der Waals surface area contributed by atoms with Gasteiger partial charge in [0.25, 0.3) is 0 Å². The van der Waals surface area contributed by atoms with Gasteiger partial charge in [0.15, 0.2) is 5.76 Å². The normalized spacial score (nSPS) is 11.3. The van der Waals surface area contributed by atoms with Crippen molar-refractivity contribution in [2.45, 2.75) is 19.3 Å². The first-order valence-corrected chi connectivity index (χ1v) is 8.54. The lowest BCUT2D eigenvalue weighted by atomic mass is 10.1. The van der Waals surface area contributed by atoms with Crippen LogP contribution in [0.1, 0.15) is 11.1 Å². The number of oxazole rings is 1. The largest absolute Gasteiger partial charge is 0.497 e. The van der Waals surface area contributed by atoms with E-state index in [1.165, 1.54) is 25.4 Å². The number of amides is 1. The second-order valence-electron chi connectivity index (χ2n) is 6.19. The smallest absolute Gasteiger partial charge is 0.419 e. The molecule has 0 bridgehead atoms. The maximum absolute atomic E-state index is 12.7. The Kier molecular flexibility index (Phi) is 5.76. The Hall–Kier alpha value is -3.49. The number of benzene rings is 2. The summed E-state index contributed by atoms with van der Waals surface area (Å²) in [5, 5.41) is 2.49. The molecule has 9 heteroatoms. The van der Waals surface area contributed by atoms with Crippen LogP contribution in [0.4, 0.5) is 13.2 Å². The summed E-state index contributed by atoms with van der Waals surface area (Å²) in [5.74, 6) is -0.329. The van der Waals surface area contributed by atoms with Crippen LogP contribution in [0.2, 0.25) is 0 Å². The maximum Gasteiger partial charge on any atom is 0.419 e. The molecule has 1 amide bonds. The first-order chi connectivity index (χ1) is 13.8. The van der Waals surface area contributed by atoms with Gasteiger partial charge >= 0.3 is 11.9 Å². The SMILES string of the molecule is COc1ccc(-c2cn(CC(=O)NCc3cccc(C(F)(F)F)c3)c(=O)o2)cc1. The van der Waals surface area contributed by atoms with Crippen molar-refractivity contribution in [3.05, 3.63) is 76.4 Å². The average Bonchev–Trinajstić information content (AvgIpc) is 3.06. The van der Waals surface area contributed by atoms with Crippen molar-refractivity contribution in [1.82, 2.24) is 9.88 Å². The highest BCUT2D eigenvalue weighted by Gasteiger charge is 2.30. The van der Waals surface area contributed by atoms with Crippen molar-refractivity contribution >= 4 is 5.91 Å². The Morgan fingerprint density at radius 1 is 1.17 bits per heavy atom. The van der Waals surface area contributed by atoms with Crippen LogP contribution in [0.3, 0.4) is 0 Å². The number of nitrogens with zero attached hydrogens (tertiary/aromatic N) is 1. The van der Waals surface area contributed by atoms with Crippen molar-refractivity contribution in [3.63, 3.8) is 0 Å². The van der Waals surface area contributed by atoms with E-state index in [9.17, 15) is 22.8 Å². The number of nitrogens with one attached hydrogen (secondary N) is 1. The van der Waals surface area contributed by atoms with Gasteiger partial charge in [-0.2, -0.15) is 13.2 Å². The van der Waals surface area contributed by atoms with E-state index in [1.807, 2.05) is 0 Å². The molecule has 3 rings (SSSR count). The topological polar surface area (TPSA) is 73.5 Å². The van der Waals surface area contributed by atoms with Crippen LogP contribution in [-0.4, -0.2) is 17.6 Å². The zero-order chi connectivity index (χ0) is 21.0. The molecule has 0 aliphatic heterocycles. The number of aromatic nitrogens is 1. The zero-order valence-electron chi connectivity index (χ0n) is 15.3. The van der Waals surface area contributed by atoms with E-state index in [-0.39, 0.29) is 18.8 Å². The standard InChI is InChI=1S/C20H17F3N2O4/c1-28-16-7-5-14(6-8-16)17-11-25(19(27)29-17)12-18(26)24-10-13-3-2-4-15(9-13)20(21,22)23/h2-9,11H,10,12H2,1H3,(H,24,26). The van der Waals surface area contributed by atoms with Crippen LogP contribution >= 0.6 is 0 Å². The molecule has 0 radical (unpaired) electrons. The molecule has 0 saturated heterocycles. The minimum Gasteiger partial charge on any atom is -0.497 e. The summed E-state index contributed by atoms with van der Waals surface area (Å²) < 4.78 is 49.5. The molecule has 0 aliphatic carbocycles. The zero-order valence-corrected chi connectivity index (χ0v) is 15.3. The number of alkyl halides is 3. The number of rotatable bonds is 6. The van der Waals surface area contributed by atoms with Crippen molar-refractivity contribution in [2.75, 3.05) is 7.11 Å². The number of hydrogen-bond acceptors (Lipinski definition) is 4. The molecule has 6 nitrogen and oxygen atoms in total. The van der Waals surface area contributed by atoms with Gasteiger partial charge in [0.1, 0.15) is 12.3 Å². The monoisotopic (exact) mass is 406 g/mol. The lowest BCUT2D eigenvalue weighted by Gasteiger charge is -2.09.